The molecular formula is C7H15O. The Morgan fingerprint density at radius 2 is 2.25 bits per heavy atom. The zero-order valence-corrected chi connectivity index (χ0v) is 5.81. The molecule has 0 bridgehead atoms. The summed E-state index contributed by atoms with van der Waals surface area (Å²) in [4.78, 5) is 0. The molecule has 1 nitrogen and oxygen atoms in total. The molecule has 1 heteroatoms. The predicted octanol–water partition coefficient (Wildman–Crippen LogP) is 2.03. The van der Waals surface area contributed by atoms with Gasteiger partial charge in [0.2, 0.25) is 0 Å². The summed E-state index contributed by atoms with van der Waals surface area (Å²) in [6.45, 7) is 5.94. The van der Waals surface area contributed by atoms with Crippen LogP contribution in [0.25, 0.3) is 0 Å². The highest BCUT2D eigenvalue weighted by atomic mass is 16.5. The van der Waals surface area contributed by atoms with Crippen LogP contribution < -0.4 is 0 Å². The van der Waals surface area contributed by atoms with E-state index in [4.69, 9.17) is 4.74 Å². The normalized spacial score (nSPS) is 13.9. The van der Waals surface area contributed by atoms with Gasteiger partial charge in [-0.15, -0.1) is 0 Å². The third kappa shape index (κ3) is 4.13. The van der Waals surface area contributed by atoms with Crippen LogP contribution in [0.3, 0.4) is 0 Å². The van der Waals surface area contributed by atoms with Crippen LogP contribution in [0.2, 0.25) is 0 Å². The molecule has 0 aromatic carbocycles. The lowest BCUT2D eigenvalue weighted by Crippen LogP contribution is -2.03. The molecule has 0 fully saturated rings. The van der Waals surface area contributed by atoms with Gasteiger partial charge in [-0.3, -0.25) is 0 Å². The van der Waals surface area contributed by atoms with Gasteiger partial charge in [-0.1, -0.05) is 19.8 Å². The highest BCUT2D eigenvalue weighted by Gasteiger charge is 1.95. The predicted molar refractivity (Wildman–Crippen MR) is 35.7 cm³/mol. The van der Waals surface area contributed by atoms with Crippen molar-refractivity contribution in [2.24, 2.45) is 0 Å². The summed E-state index contributed by atoms with van der Waals surface area (Å²) in [6, 6.07) is 0. The SMILES string of the molecule is [CH2]C(CCCC)OC. The van der Waals surface area contributed by atoms with Gasteiger partial charge in [0.05, 0.1) is 6.10 Å². The van der Waals surface area contributed by atoms with Crippen LogP contribution in [0.4, 0.5) is 0 Å². The van der Waals surface area contributed by atoms with E-state index in [1.165, 1.54) is 12.8 Å². The fourth-order valence-corrected chi connectivity index (χ4v) is 0.550. The average Bonchev–Trinajstić information content (AvgIpc) is 1.83. The van der Waals surface area contributed by atoms with E-state index in [2.05, 4.69) is 13.8 Å². The highest BCUT2D eigenvalue weighted by molar-refractivity contribution is 4.57. The van der Waals surface area contributed by atoms with Crippen LogP contribution in [0.1, 0.15) is 26.2 Å². The first-order valence-electron chi connectivity index (χ1n) is 3.17. The maximum Gasteiger partial charge on any atom is 0.0572 e. The fraction of sp³-hybridized carbons (Fsp3) is 0.857. The molecule has 0 heterocycles. The molecule has 0 aromatic rings. The molecule has 0 aliphatic rings. The number of methoxy groups -OCH3 is 1. The Hall–Kier alpha value is -0.0400. The molecule has 1 unspecified atom stereocenters. The maximum absolute atomic E-state index is 4.94. The molecule has 0 aromatic heterocycles. The van der Waals surface area contributed by atoms with Gasteiger partial charge in [-0.25, -0.2) is 0 Å². The minimum absolute atomic E-state index is 0.204. The van der Waals surface area contributed by atoms with Gasteiger partial charge in [-0.05, 0) is 13.3 Å². The molecule has 0 rings (SSSR count). The van der Waals surface area contributed by atoms with Gasteiger partial charge in [0, 0.05) is 7.11 Å². The van der Waals surface area contributed by atoms with Crippen LogP contribution >= 0.6 is 0 Å². The summed E-state index contributed by atoms with van der Waals surface area (Å²) >= 11 is 0. The van der Waals surface area contributed by atoms with E-state index < -0.39 is 0 Å². The summed E-state index contributed by atoms with van der Waals surface area (Å²) < 4.78 is 4.94. The van der Waals surface area contributed by atoms with Gasteiger partial charge < -0.3 is 4.74 Å². The number of hydrogen-bond donors (Lipinski definition) is 0. The van der Waals surface area contributed by atoms with Crippen molar-refractivity contribution in [1.82, 2.24) is 0 Å². The Labute approximate surface area is 52.0 Å². The number of hydrogen-bond acceptors (Lipinski definition) is 1. The van der Waals surface area contributed by atoms with Crippen molar-refractivity contribution < 1.29 is 4.74 Å². The second-order valence-electron chi connectivity index (χ2n) is 2.00. The first kappa shape index (κ1) is 7.96. The van der Waals surface area contributed by atoms with E-state index in [9.17, 15) is 0 Å². The van der Waals surface area contributed by atoms with E-state index in [1.54, 1.807) is 7.11 Å². The van der Waals surface area contributed by atoms with E-state index >= 15 is 0 Å². The lowest BCUT2D eigenvalue weighted by atomic mass is 10.2. The van der Waals surface area contributed by atoms with Gasteiger partial charge in [-0.2, -0.15) is 0 Å². The zero-order valence-electron chi connectivity index (χ0n) is 5.81. The maximum atomic E-state index is 4.94. The second-order valence-corrected chi connectivity index (χ2v) is 2.00. The lowest BCUT2D eigenvalue weighted by molar-refractivity contribution is 0.129. The third-order valence-corrected chi connectivity index (χ3v) is 1.21. The largest absolute Gasteiger partial charge is 0.381 e. The van der Waals surface area contributed by atoms with Crippen LogP contribution in [-0.2, 0) is 4.74 Å². The van der Waals surface area contributed by atoms with E-state index in [-0.39, 0.29) is 6.10 Å². The number of ether oxygens (including phenoxy) is 1. The lowest BCUT2D eigenvalue weighted by Gasteiger charge is -2.05. The molecule has 0 aliphatic carbocycles. The number of unbranched alkanes of at least 4 members (excludes halogenated alkanes) is 1. The van der Waals surface area contributed by atoms with Crippen molar-refractivity contribution in [3.05, 3.63) is 6.92 Å². The van der Waals surface area contributed by atoms with Crippen molar-refractivity contribution in [3.63, 3.8) is 0 Å². The van der Waals surface area contributed by atoms with Gasteiger partial charge in [0.25, 0.3) is 0 Å². The zero-order chi connectivity index (χ0) is 6.41. The first-order valence-corrected chi connectivity index (χ1v) is 3.17. The summed E-state index contributed by atoms with van der Waals surface area (Å²) in [6.07, 6.45) is 3.75. The second kappa shape index (κ2) is 5.10. The molecule has 0 saturated heterocycles. The quantitative estimate of drug-likeness (QED) is 0.544. The first-order chi connectivity index (χ1) is 3.81. The standard InChI is InChI=1S/C7H15O/c1-4-5-6-7(2)8-3/h7H,2,4-6H2,1,3H3. The molecule has 0 saturated carbocycles. The van der Waals surface area contributed by atoms with E-state index in [0.717, 1.165) is 6.42 Å². The monoisotopic (exact) mass is 115 g/mol. The molecule has 0 amide bonds. The van der Waals surface area contributed by atoms with Gasteiger partial charge in [0.1, 0.15) is 0 Å². The fourth-order valence-electron chi connectivity index (χ4n) is 0.550. The van der Waals surface area contributed by atoms with Crippen molar-refractivity contribution in [3.8, 4) is 0 Å². The molecular weight excluding hydrogens is 100 g/mol. The summed E-state index contributed by atoms with van der Waals surface area (Å²) in [5, 5.41) is 0. The van der Waals surface area contributed by atoms with Gasteiger partial charge in [0.15, 0.2) is 0 Å². The summed E-state index contributed by atoms with van der Waals surface area (Å²) in [7, 11) is 1.70. The Balaban J connectivity index is 2.86. The molecule has 0 spiro atoms. The summed E-state index contributed by atoms with van der Waals surface area (Å²) in [5.74, 6) is 0. The average molecular weight is 115 g/mol. The van der Waals surface area contributed by atoms with E-state index in [0.29, 0.717) is 0 Å². The number of rotatable bonds is 4. The smallest absolute Gasteiger partial charge is 0.0572 e. The van der Waals surface area contributed by atoms with Crippen LogP contribution in [0.5, 0.6) is 0 Å². The van der Waals surface area contributed by atoms with Crippen molar-refractivity contribution in [1.29, 1.82) is 0 Å². The Morgan fingerprint density at radius 3 is 2.62 bits per heavy atom. The Bertz CT molecular complexity index is 43.7. The van der Waals surface area contributed by atoms with Crippen LogP contribution in [0, 0.1) is 6.92 Å². The minimum atomic E-state index is 0.204. The Morgan fingerprint density at radius 1 is 1.62 bits per heavy atom. The topological polar surface area (TPSA) is 9.23 Å². The molecule has 8 heavy (non-hydrogen) atoms. The molecule has 1 radical (unpaired) electrons. The molecule has 0 N–H and O–H groups in total. The molecule has 49 valence electrons. The van der Waals surface area contributed by atoms with Crippen LogP contribution in [-0.4, -0.2) is 13.2 Å². The Kier molecular flexibility index (Phi) is 5.08. The van der Waals surface area contributed by atoms with Crippen molar-refractivity contribution in [2.45, 2.75) is 32.3 Å². The van der Waals surface area contributed by atoms with Crippen molar-refractivity contribution in [2.75, 3.05) is 7.11 Å². The highest BCUT2D eigenvalue weighted by Crippen LogP contribution is 2.00. The molecule has 0 aliphatic heterocycles. The minimum Gasteiger partial charge on any atom is -0.381 e. The molecule has 1 atom stereocenters. The van der Waals surface area contributed by atoms with Crippen molar-refractivity contribution >= 4 is 0 Å². The third-order valence-electron chi connectivity index (χ3n) is 1.21. The van der Waals surface area contributed by atoms with Gasteiger partial charge >= 0.3 is 0 Å². The van der Waals surface area contributed by atoms with Crippen LogP contribution in [0.15, 0.2) is 0 Å². The van der Waals surface area contributed by atoms with E-state index in [1.807, 2.05) is 0 Å². The summed E-state index contributed by atoms with van der Waals surface area (Å²) in [5.41, 5.74) is 0.